The molecule has 0 bridgehead atoms. The molecular weight excluding hydrogens is 273 g/mol. The maximum absolute atomic E-state index is 13.8. The molecule has 0 aliphatic rings. The Balaban J connectivity index is 2.16. The fourth-order valence-corrected chi connectivity index (χ4v) is 2.48. The molecule has 0 aliphatic heterocycles. The molecule has 18 heavy (non-hydrogen) atoms. The van der Waals surface area contributed by atoms with Crippen LogP contribution in [0, 0.1) is 5.82 Å². The van der Waals surface area contributed by atoms with Gasteiger partial charge in [0.25, 0.3) is 0 Å². The van der Waals surface area contributed by atoms with Gasteiger partial charge in [0.1, 0.15) is 5.01 Å². The number of halogens is 2. The summed E-state index contributed by atoms with van der Waals surface area (Å²) in [5, 5.41) is 12.8. The molecule has 1 N–H and O–H groups in total. The van der Waals surface area contributed by atoms with E-state index in [2.05, 4.69) is 22.4 Å². The van der Waals surface area contributed by atoms with Gasteiger partial charge >= 0.3 is 0 Å². The third kappa shape index (κ3) is 3.04. The largest absolute Gasteiger partial charge is 0.310 e. The Hall–Kier alpha value is -1.04. The maximum atomic E-state index is 13.8. The van der Waals surface area contributed by atoms with Crippen molar-refractivity contribution in [3.8, 4) is 10.6 Å². The predicted octanol–water partition coefficient (Wildman–Crippen LogP) is 3.50. The van der Waals surface area contributed by atoms with E-state index < -0.39 is 5.82 Å². The van der Waals surface area contributed by atoms with Crippen LogP contribution < -0.4 is 5.32 Å². The average molecular weight is 286 g/mol. The van der Waals surface area contributed by atoms with Gasteiger partial charge in [-0.2, -0.15) is 0 Å². The molecule has 2 rings (SSSR count). The molecule has 1 aromatic heterocycles. The van der Waals surface area contributed by atoms with Gasteiger partial charge in [-0.25, -0.2) is 4.39 Å². The van der Waals surface area contributed by atoms with Crippen LogP contribution in [0.5, 0.6) is 0 Å². The van der Waals surface area contributed by atoms with Crippen molar-refractivity contribution in [1.82, 2.24) is 15.5 Å². The van der Waals surface area contributed by atoms with Crippen molar-refractivity contribution in [3.05, 3.63) is 34.0 Å². The van der Waals surface area contributed by atoms with Crippen LogP contribution in [0.4, 0.5) is 4.39 Å². The Bertz CT molecular complexity index is 530. The maximum Gasteiger partial charge on any atom is 0.152 e. The molecule has 0 spiro atoms. The molecule has 0 unspecified atom stereocenters. The van der Waals surface area contributed by atoms with Crippen molar-refractivity contribution in [2.75, 3.05) is 6.54 Å². The highest BCUT2D eigenvalue weighted by Gasteiger charge is 2.13. The van der Waals surface area contributed by atoms with Gasteiger partial charge in [-0.15, -0.1) is 10.2 Å². The van der Waals surface area contributed by atoms with Crippen molar-refractivity contribution in [2.24, 2.45) is 0 Å². The van der Waals surface area contributed by atoms with Crippen molar-refractivity contribution in [3.63, 3.8) is 0 Å². The zero-order valence-electron chi connectivity index (χ0n) is 9.91. The molecule has 1 heterocycles. The number of hydrogen-bond donors (Lipinski definition) is 1. The summed E-state index contributed by atoms with van der Waals surface area (Å²) in [5.41, 5.74) is 0.404. The van der Waals surface area contributed by atoms with Gasteiger partial charge < -0.3 is 5.32 Å². The van der Waals surface area contributed by atoms with Crippen LogP contribution in [0.2, 0.25) is 5.02 Å². The molecule has 3 nitrogen and oxygen atoms in total. The Kier molecular flexibility index (Phi) is 4.63. The second kappa shape index (κ2) is 6.22. The summed E-state index contributed by atoms with van der Waals surface area (Å²) >= 11 is 7.12. The molecule has 1 aromatic carbocycles. The number of aromatic nitrogens is 2. The van der Waals surface area contributed by atoms with Crippen LogP contribution >= 0.6 is 22.9 Å². The van der Waals surface area contributed by atoms with Crippen LogP contribution in [0.1, 0.15) is 18.4 Å². The highest BCUT2D eigenvalue weighted by molar-refractivity contribution is 7.14. The molecule has 96 valence electrons. The van der Waals surface area contributed by atoms with E-state index in [1.165, 1.54) is 17.4 Å². The standard InChI is InChI=1S/C12H13ClFN3S/c1-2-6-15-7-10-16-17-12(18-10)8-4-3-5-9(13)11(8)14/h3-5,15H,2,6-7H2,1H3. The summed E-state index contributed by atoms with van der Waals surface area (Å²) in [6.07, 6.45) is 1.06. The fraction of sp³-hybridized carbons (Fsp3) is 0.333. The van der Waals surface area contributed by atoms with Gasteiger partial charge in [0, 0.05) is 12.1 Å². The van der Waals surface area contributed by atoms with Crippen molar-refractivity contribution >= 4 is 22.9 Å². The lowest BCUT2D eigenvalue weighted by molar-refractivity contribution is 0.631. The Labute approximate surface area is 114 Å². The predicted molar refractivity (Wildman–Crippen MR) is 72.3 cm³/mol. The van der Waals surface area contributed by atoms with E-state index in [4.69, 9.17) is 11.6 Å². The third-order valence-corrected chi connectivity index (χ3v) is 3.60. The summed E-state index contributed by atoms with van der Waals surface area (Å²) in [4.78, 5) is 0. The normalized spacial score (nSPS) is 10.8. The van der Waals surface area contributed by atoms with Crippen LogP contribution in [0.3, 0.4) is 0 Å². The van der Waals surface area contributed by atoms with Crippen molar-refractivity contribution < 1.29 is 4.39 Å². The number of hydrogen-bond acceptors (Lipinski definition) is 4. The van der Waals surface area contributed by atoms with Gasteiger partial charge in [0.05, 0.1) is 5.02 Å². The smallest absolute Gasteiger partial charge is 0.152 e. The number of nitrogens with zero attached hydrogens (tertiary/aromatic N) is 2. The molecule has 0 fully saturated rings. The molecule has 0 radical (unpaired) electrons. The fourth-order valence-electron chi connectivity index (χ4n) is 1.47. The van der Waals surface area contributed by atoms with E-state index in [9.17, 15) is 4.39 Å². The molecule has 0 saturated carbocycles. The van der Waals surface area contributed by atoms with Gasteiger partial charge in [-0.05, 0) is 25.1 Å². The quantitative estimate of drug-likeness (QED) is 0.855. The molecule has 0 amide bonds. The molecule has 0 aliphatic carbocycles. The Morgan fingerprint density at radius 1 is 1.39 bits per heavy atom. The lowest BCUT2D eigenvalue weighted by Gasteiger charge is -1.99. The van der Waals surface area contributed by atoms with Crippen LogP contribution in [-0.4, -0.2) is 16.7 Å². The summed E-state index contributed by atoms with van der Waals surface area (Å²) in [7, 11) is 0. The van der Waals surface area contributed by atoms with Gasteiger partial charge in [-0.1, -0.05) is 35.9 Å². The highest BCUT2D eigenvalue weighted by atomic mass is 35.5. The van der Waals surface area contributed by atoms with Crippen molar-refractivity contribution in [1.29, 1.82) is 0 Å². The van der Waals surface area contributed by atoms with E-state index >= 15 is 0 Å². The van der Waals surface area contributed by atoms with E-state index in [1.54, 1.807) is 12.1 Å². The number of nitrogens with one attached hydrogen (secondary N) is 1. The minimum atomic E-state index is -0.441. The second-order valence-corrected chi connectivity index (χ2v) is 5.25. The van der Waals surface area contributed by atoms with Gasteiger partial charge in [0.2, 0.25) is 0 Å². The lowest BCUT2D eigenvalue weighted by Crippen LogP contribution is -2.13. The average Bonchev–Trinajstić information content (AvgIpc) is 2.82. The number of benzene rings is 1. The second-order valence-electron chi connectivity index (χ2n) is 3.78. The van der Waals surface area contributed by atoms with Gasteiger partial charge in [0.15, 0.2) is 10.8 Å². The third-order valence-electron chi connectivity index (χ3n) is 2.35. The zero-order chi connectivity index (χ0) is 13.0. The molecule has 0 saturated heterocycles. The van der Waals surface area contributed by atoms with E-state index in [0.717, 1.165) is 18.0 Å². The molecule has 6 heteroatoms. The first-order valence-corrected chi connectivity index (χ1v) is 6.89. The summed E-state index contributed by atoms with van der Waals surface area (Å²) in [6, 6.07) is 4.88. The minimum absolute atomic E-state index is 0.105. The van der Waals surface area contributed by atoms with Crippen molar-refractivity contribution in [2.45, 2.75) is 19.9 Å². The summed E-state index contributed by atoms with van der Waals surface area (Å²) in [6.45, 7) is 3.69. The number of rotatable bonds is 5. The monoisotopic (exact) mass is 285 g/mol. The summed E-state index contributed by atoms with van der Waals surface area (Å²) in [5.74, 6) is -0.441. The molecular formula is C12H13ClFN3S. The Morgan fingerprint density at radius 2 is 2.22 bits per heavy atom. The van der Waals surface area contributed by atoms with E-state index in [1.807, 2.05) is 0 Å². The molecule has 2 aromatic rings. The van der Waals surface area contributed by atoms with E-state index in [-0.39, 0.29) is 5.02 Å². The van der Waals surface area contributed by atoms with E-state index in [0.29, 0.717) is 17.1 Å². The Morgan fingerprint density at radius 3 is 3.00 bits per heavy atom. The topological polar surface area (TPSA) is 37.8 Å². The minimum Gasteiger partial charge on any atom is -0.310 e. The lowest BCUT2D eigenvalue weighted by atomic mass is 10.2. The van der Waals surface area contributed by atoms with Crippen LogP contribution in [0.25, 0.3) is 10.6 Å². The summed E-state index contributed by atoms with van der Waals surface area (Å²) < 4.78 is 13.8. The van der Waals surface area contributed by atoms with Crippen LogP contribution in [-0.2, 0) is 6.54 Å². The first-order valence-electron chi connectivity index (χ1n) is 5.70. The highest BCUT2D eigenvalue weighted by Crippen LogP contribution is 2.29. The SMILES string of the molecule is CCCNCc1nnc(-c2cccc(Cl)c2F)s1. The van der Waals surface area contributed by atoms with Gasteiger partial charge in [-0.3, -0.25) is 0 Å². The zero-order valence-corrected chi connectivity index (χ0v) is 11.5. The molecule has 0 atom stereocenters. The first-order chi connectivity index (χ1) is 8.72. The first kappa shape index (κ1) is 13.4. The van der Waals surface area contributed by atoms with Crippen LogP contribution in [0.15, 0.2) is 18.2 Å².